The highest BCUT2D eigenvalue weighted by atomic mass is 35.5. The van der Waals surface area contributed by atoms with E-state index < -0.39 is 5.82 Å². The van der Waals surface area contributed by atoms with E-state index in [1.54, 1.807) is 11.0 Å². The summed E-state index contributed by atoms with van der Waals surface area (Å²) in [6.45, 7) is 1.86. The lowest BCUT2D eigenvalue weighted by Crippen LogP contribution is -2.30. The Hall–Kier alpha value is -1.13. The van der Waals surface area contributed by atoms with Crippen LogP contribution in [0, 0.1) is 11.7 Å². The van der Waals surface area contributed by atoms with Crippen molar-refractivity contribution in [2.45, 2.75) is 6.42 Å². The van der Waals surface area contributed by atoms with Crippen LogP contribution in [0.4, 0.5) is 4.39 Å². The predicted molar refractivity (Wildman–Crippen MR) is 64.5 cm³/mol. The number of nitrogens with zero attached hydrogens (tertiary/aromatic N) is 1. The molecule has 5 heteroatoms. The summed E-state index contributed by atoms with van der Waals surface area (Å²) in [5, 5.41) is -0.103. The van der Waals surface area contributed by atoms with Gasteiger partial charge in [-0.05, 0) is 31.0 Å². The Bertz CT molecular complexity index is 439. The van der Waals surface area contributed by atoms with Gasteiger partial charge in [0.15, 0.2) is 0 Å². The average molecular weight is 257 g/mol. The van der Waals surface area contributed by atoms with Crippen LogP contribution in [0.25, 0.3) is 0 Å². The van der Waals surface area contributed by atoms with Gasteiger partial charge in [0.1, 0.15) is 5.82 Å². The Morgan fingerprint density at radius 2 is 2.35 bits per heavy atom. The lowest BCUT2D eigenvalue weighted by molar-refractivity contribution is 0.0787. The summed E-state index contributed by atoms with van der Waals surface area (Å²) in [6, 6.07) is 4.28. The van der Waals surface area contributed by atoms with Crippen LogP contribution in [0.15, 0.2) is 18.2 Å². The van der Waals surface area contributed by atoms with E-state index in [1.165, 1.54) is 12.1 Å². The molecule has 0 saturated carbocycles. The third kappa shape index (κ3) is 2.42. The van der Waals surface area contributed by atoms with Crippen LogP contribution >= 0.6 is 11.6 Å². The molecule has 1 aliphatic rings. The van der Waals surface area contributed by atoms with Crippen molar-refractivity contribution in [3.63, 3.8) is 0 Å². The third-order valence-corrected chi connectivity index (χ3v) is 3.47. The summed E-state index contributed by atoms with van der Waals surface area (Å²) >= 11 is 5.79. The second-order valence-corrected chi connectivity index (χ2v) is 4.62. The summed E-state index contributed by atoms with van der Waals surface area (Å²) < 4.78 is 13.2. The monoisotopic (exact) mass is 256 g/mol. The Labute approximate surface area is 104 Å². The lowest BCUT2D eigenvalue weighted by atomic mass is 10.1. The molecule has 0 spiro atoms. The normalized spacial score (nSPS) is 19.7. The Balaban J connectivity index is 2.18. The van der Waals surface area contributed by atoms with Crippen molar-refractivity contribution in [3.8, 4) is 0 Å². The smallest absolute Gasteiger partial charge is 0.255 e. The molecule has 0 radical (unpaired) electrons. The number of nitrogens with two attached hydrogens (primary N) is 1. The minimum absolute atomic E-state index is 0.103. The lowest BCUT2D eigenvalue weighted by Gasteiger charge is -2.17. The Morgan fingerprint density at radius 3 is 3.00 bits per heavy atom. The predicted octanol–water partition coefficient (Wildman–Crippen LogP) is 1.90. The molecule has 92 valence electrons. The van der Waals surface area contributed by atoms with Gasteiger partial charge in [0.05, 0.1) is 10.6 Å². The van der Waals surface area contributed by atoms with Crippen molar-refractivity contribution in [1.82, 2.24) is 4.90 Å². The van der Waals surface area contributed by atoms with Crippen LogP contribution in [0.3, 0.4) is 0 Å². The highest BCUT2D eigenvalue weighted by Crippen LogP contribution is 2.24. The number of hydrogen-bond acceptors (Lipinski definition) is 2. The number of hydrogen-bond donors (Lipinski definition) is 1. The molecule has 17 heavy (non-hydrogen) atoms. The fourth-order valence-electron chi connectivity index (χ4n) is 2.05. The first-order valence-corrected chi connectivity index (χ1v) is 5.94. The van der Waals surface area contributed by atoms with E-state index >= 15 is 0 Å². The number of likely N-dealkylation sites (tertiary alicyclic amines) is 1. The van der Waals surface area contributed by atoms with Gasteiger partial charge in [0, 0.05) is 13.1 Å². The van der Waals surface area contributed by atoms with E-state index in [4.69, 9.17) is 17.3 Å². The molecule has 1 amide bonds. The minimum Gasteiger partial charge on any atom is -0.338 e. The summed E-state index contributed by atoms with van der Waals surface area (Å²) in [5.74, 6) is -0.441. The van der Waals surface area contributed by atoms with Crippen molar-refractivity contribution >= 4 is 17.5 Å². The maximum Gasteiger partial charge on any atom is 0.255 e. The number of carbonyl (C=O) groups excluding carboxylic acids is 1. The fourth-order valence-corrected chi connectivity index (χ4v) is 2.26. The molecule has 0 bridgehead atoms. The van der Waals surface area contributed by atoms with Crippen LogP contribution in [-0.4, -0.2) is 30.4 Å². The second-order valence-electron chi connectivity index (χ2n) is 4.24. The van der Waals surface area contributed by atoms with Crippen LogP contribution in [0.1, 0.15) is 16.8 Å². The minimum atomic E-state index is -0.563. The molecule has 0 aliphatic carbocycles. The number of rotatable bonds is 2. The van der Waals surface area contributed by atoms with E-state index in [0.717, 1.165) is 6.42 Å². The van der Waals surface area contributed by atoms with Crippen molar-refractivity contribution in [3.05, 3.63) is 34.6 Å². The molecule has 1 aromatic rings. The molecule has 1 aromatic carbocycles. The first-order valence-electron chi connectivity index (χ1n) is 5.57. The third-order valence-electron chi connectivity index (χ3n) is 3.09. The first-order chi connectivity index (χ1) is 8.13. The van der Waals surface area contributed by atoms with Gasteiger partial charge in [-0.2, -0.15) is 0 Å². The van der Waals surface area contributed by atoms with Gasteiger partial charge in [-0.15, -0.1) is 0 Å². The quantitative estimate of drug-likeness (QED) is 0.879. The molecule has 2 N–H and O–H groups in total. The maximum absolute atomic E-state index is 13.2. The van der Waals surface area contributed by atoms with E-state index in [9.17, 15) is 9.18 Å². The highest BCUT2D eigenvalue weighted by Gasteiger charge is 2.27. The topological polar surface area (TPSA) is 46.3 Å². The summed E-state index contributed by atoms with van der Waals surface area (Å²) in [4.78, 5) is 13.8. The molecule has 1 unspecified atom stereocenters. The van der Waals surface area contributed by atoms with E-state index in [-0.39, 0.29) is 16.5 Å². The van der Waals surface area contributed by atoms with E-state index in [2.05, 4.69) is 0 Å². The van der Waals surface area contributed by atoms with Gasteiger partial charge < -0.3 is 10.6 Å². The van der Waals surface area contributed by atoms with Crippen molar-refractivity contribution < 1.29 is 9.18 Å². The first kappa shape index (κ1) is 12.3. The van der Waals surface area contributed by atoms with Gasteiger partial charge in [0.25, 0.3) is 5.91 Å². The number of carbonyl (C=O) groups is 1. The standard InChI is InChI=1S/C12H14ClFN2O/c13-11-9(2-1-3-10(11)14)12(17)16-5-4-8(6-15)7-16/h1-3,8H,4-7,15H2. The van der Waals surface area contributed by atoms with E-state index in [0.29, 0.717) is 25.6 Å². The molecule has 1 heterocycles. The van der Waals surface area contributed by atoms with Gasteiger partial charge in [-0.25, -0.2) is 4.39 Å². The molecule has 1 aliphatic heterocycles. The molecule has 1 saturated heterocycles. The van der Waals surface area contributed by atoms with Crippen LogP contribution < -0.4 is 5.73 Å². The van der Waals surface area contributed by atoms with Crippen LogP contribution in [0.2, 0.25) is 5.02 Å². The molecule has 0 aromatic heterocycles. The molecule has 3 nitrogen and oxygen atoms in total. The molecule has 1 atom stereocenters. The Kier molecular flexibility index (Phi) is 3.64. The van der Waals surface area contributed by atoms with Crippen molar-refractivity contribution in [2.24, 2.45) is 11.7 Å². The maximum atomic E-state index is 13.2. The average Bonchev–Trinajstić information content (AvgIpc) is 2.80. The Morgan fingerprint density at radius 1 is 1.59 bits per heavy atom. The number of halogens is 2. The fraction of sp³-hybridized carbons (Fsp3) is 0.417. The zero-order valence-electron chi connectivity index (χ0n) is 9.33. The number of amides is 1. The highest BCUT2D eigenvalue weighted by molar-refractivity contribution is 6.34. The van der Waals surface area contributed by atoms with Crippen LogP contribution in [-0.2, 0) is 0 Å². The van der Waals surface area contributed by atoms with Crippen LogP contribution in [0.5, 0.6) is 0 Å². The molecular weight excluding hydrogens is 243 g/mol. The molecule has 2 rings (SSSR count). The van der Waals surface area contributed by atoms with Gasteiger partial charge in [-0.1, -0.05) is 17.7 Å². The van der Waals surface area contributed by atoms with Crippen molar-refractivity contribution in [2.75, 3.05) is 19.6 Å². The molecular formula is C12H14ClFN2O. The molecule has 1 fully saturated rings. The zero-order valence-corrected chi connectivity index (χ0v) is 10.1. The zero-order chi connectivity index (χ0) is 12.4. The van der Waals surface area contributed by atoms with Gasteiger partial charge in [0.2, 0.25) is 0 Å². The largest absolute Gasteiger partial charge is 0.338 e. The SMILES string of the molecule is NCC1CCN(C(=O)c2cccc(F)c2Cl)C1. The summed E-state index contributed by atoms with van der Waals surface area (Å²) in [6.07, 6.45) is 0.898. The second kappa shape index (κ2) is 5.02. The number of benzene rings is 1. The summed E-state index contributed by atoms with van der Waals surface area (Å²) in [5.41, 5.74) is 5.79. The van der Waals surface area contributed by atoms with Crippen molar-refractivity contribution in [1.29, 1.82) is 0 Å². The van der Waals surface area contributed by atoms with E-state index in [1.807, 2.05) is 0 Å². The van der Waals surface area contributed by atoms with Gasteiger partial charge >= 0.3 is 0 Å². The summed E-state index contributed by atoms with van der Waals surface area (Å²) in [7, 11) is 0. The van der Waals surface area contributed by atoms with Gasteiger partial charge in [-0.3, -0.25) is 4.79 Å².